The Morgan fingerprint density at radius 1 is 1.44 bits per heavy atom. The van der Waals surface area contributed by atoms with Crippen LogP contribution in [0, 0.1) is 6.92 Å². The van der Waals surface area contributed by atoms with Crippen molar-refractivity contribution in [2.75, 3.05) is 6.54 Å². The van der Waals surface area contributed by atoms with E-state index in [1.54, 1.807) is 0 Å². The molecule has 0 aliphatic rings. The van der Waals surface area contributed by atoms with Gasteiger partial charge in [-0.1, -0.05) is 0 Å². The Morgan fingerprint density at radius 3 is 2.88 bits per heavy atom. The van der Waals surface area contributed by atoms with Crippen LogP contribution in [0.25, 0.3) is 11.4 Å². The van der Waals surface area contributed by atoms with E-state index in [2.05, 4.69) is 14.6 Å². The zero-order valence-electron chi connectivity index (χ0n) is 9.72. The molecule has 2 rings (SSSR count). The van der Waals surface area contributed by atoms with Gasteiger partial charge in [0.1, 0.15) is 5.69 Å². The van der Waals surface area contributed by atoms with Crippen molar-refractivity contribution in [2.45, 2.75) is 19.9 Å². The highest BCUT2D eigenvalue weighted by molar-refractivity contribution is 5.57. The van der Waals surface area contributed by atoms with Crippen LogP contribution >= 0.6 is 0 Å². The number of imidazole rings is 1. The summed E-state index contributed by atoms with van der Waals surface area (Å²) < 4.78 is 3.92. The van der Waals surface area contributed by atoms with Gasteiger partial charge in [0.25, 0.3) is 0 Å². The fourth-order valence-corrected chi connectivity index (χ4v) is 1.79. The zero-order chi connectivity index (χ0) is 11.5. The zero-order valence-corrected chi connectivity index (χ0v) is 9.72. The molecule has 16 heavy (non-hydrogen) atoms. The molecule has 0 amide bonds. The van der Waals surface area contributed by atoms with Crippen LogP contribution in [0.1, 0.15) is 12.0 Å². The number of nitrogens with zero attached hydrogens (tertiary/aromatic N) is 4. The van der Waals surface area contributed by atoms with Crippen LogP contribution in [0.3, 0.4) is 0 Å². The summed E-state index contributed by atoms with van der Waals surface area (Å²) in [6.45, 7) is 3.67. The fraction of sp³-hybridized carbons (Fsp3) is 0.455. The van der Waals surface area contributed by atoms with Crippen molar-refractivity contribution < 1.29 is 0 Å². The summed E-state index contributed by atoms with van der Waals surface area (Å²) in [5.74, 6) is 0. The minimum atomic E-state index is 0.707. The molecular formula is C11H17N5. The first-order valence-corrected chi connectivity index (χ1v) is 5.43. The first-order valence-electron chi connectivity index (χ1n) is 5.43. The van der Waals surface area contributed by atoms with Gasteiger partial charge in [0, 0.05) is 19.8 Å². The minimum absolute atomic E-state index is 0.707. The maximum Gasteiger partial charge on any atom is 0.107 e. The summed E-state index contributed by atoms with van der Waals surface area (Å²) in [6, 6.07) is 0. The van der Waals surface area contributed by atoms with Crippen molar-refractivity contribution in [1.82, 2.24) is 19.3 Å². The summed E-state index contributed by atoms with van der Waals surface area (Å²) >= 11 is 0. The fourth-order valence-electron chi connectivity index (χ4n) is 1.79. The standard InChI is InChI=1S/C11H17N5/c1-9-6-14-15(2)11(9)10-7-16(8-13-10)5-3-4-12/h6-8H,3-5,12H2,1-2H3. The van der Waals surface area contributed by atoms with Crippen LogP contribution in [0.4, 0.5) is 0 Å². The highest BCUT2D eigenvalue weighted by Crippen LogP contribution is 2.20. The largest absolute Gasteiger partial charge is 0.337 e. The maximum absolute atomic E-state index is 5.48. The third-order valence-electron chi connectivity index (χ3n) is 2.62. The normalized spacial score (nSPS) is 10.9. The molecule has 0 saturated heterocycles. The second-order valence-corrected chi connectivity index (χ2v) is 3.94. The van der Waals surface area contributed by atoms with Crippen molar-refractivity contribution in [3.05, 3.63) is 24.3 Å². The molecule has 0 aliphatic carbocycles. The number of aryl methyl sites for hydroxylation is 3. The van der Waals surface area contributed by atoms with Crippen molar-refractivity contribution in [2.24, 2.45) is 12.8 Å². The van der Waals surface area contributed by atoms with E-state index in [1.165, 1.54) is 0 Å². The smallest absolute Gasteiger partial charge is 0.107 e. The van der Waals surface area contributed by atoms with Crippen molar-refractivity contribution in [3.8, 4) is 11.4 Å². The van der Waals surface area contributed by atoms with Gasteiger partial charge in [-0.15, -0.1) is 0 Å². The third kappa shape index (κ3) is 1.99. The van der Waals surface area contributed by atoms with Gasteiger partial charge in [-0.3, -0.25) is 4.68 Å². The van der Waals surface area contributed by atoms with E-state index in [-0.39, 0.29) is 0 Å². The van der Waals surface area contributed by atoms with Gasteiger partial charge in [0.05, 0.1) is 18.2 Å². The van der Waals surface area contributed by atoms with Gasteiger partial charge in [-0.2, -0.15) is 5.10 Å². The Bertz CT molecular complexity index is 449. The molecule has 0 fully saturated rings. The van der Waals surface area contributed by atoms with Crippen LogP contribution in [0.5, 0.6) is 0 Å². The topological polar surface area (TPSA) is 61.7 Å². The quantitative estimate of drug-likeness (QED) is 0.832. The van der Waals surface area contributed by atoms with Crippen LogP contribution < -0.4 is 5.73 Å². The molecule has 0 saturated carbocycles. The first-order chi connectivity index (χ1) is 7.72. The van der Waals surface area contributed by atoms with E-state index in [1.807, 2.05) is 37.4 Å². The first kappa shape index (κ1) is 10.9. The predicted molar refractivity (Wildman–Crippen MR) is 62.8 cm³/mol. The highest BCUT2D eigenvalue weighted by atomic mass is 15.3. The van der Waals surface area contributed by atoms with E-state index >= 15 is 0 Å². The lowest BCUT2D eigenvalue weighted by Gasteiger charge is -2.00. The monoisotopic (exact) mass is 219 g/mol. The molecular weight excluding hydrogens is 202 g/mol. The molecule has 2 aromatic heterocycles. The van der Waals surface area contributed by atoms with E-state index in [9.17, 15) is 0 Å². The summed E-state index contributed by atoms with van der Waals surface area (Å²) in [4.78, 5) is 4.39. The summed E-state index contributed by atoms with van der Waals surface area (Å²) in [5.41, 5.74) is 8.67. The molecule has 2 N–H and O–H groups in total. The van der Waals surface area contributed by atoms with E-state index in [4.69, 9.17) is 5.73 Å². The Hall–Kier alpha value is -1.62. The molecule has 0 unspecified atom stereocenters. The molecule has 86 valence electrons. The van der Waals surface area contributed by atoms with Crippen LogP contribution in [-0.4, -0.2) is 25.9 Å². The van der Waals surface area contributed by atoms with Gasteiger partial charge in [0.2, 0.25) is 0 Å². The average Bonchev–Trinajstić information content (AvgIpc) is 2.83. The van der Waals surface area contributed by atoms with Crippen molar-refractivity contribution in [3.63, 3.8) is 0 Å². The SMILES string of the molecule is Cc1cnn(C)c1-c1cn(CCCN)cn1. The molecule has 0 spiro atoms. The third-order valence-corrected chi connectivity index (χ3v) is 2.62. The van der Waals surface area contributed by atoms with Crippen LogP contribution in [0.2, 0.25) is 0 Å². The lowest BCUT2D eigenvalue weighted by molar-refractivity contribution is 0.650. The molecule has 5 heteroatoms. The molecule has 0 aliphatic heterocycles. The van der Waals surface area contributed by atoms with Crippen molar-refractivity contribution >= 4 is 0 Å². The number of aromatic nitrogens is 4. The van der Waals surface area contributed by atoms with Crippen molar-refractivity contribution in [1.29, 1.82) is 0 Å². The molecule has 2 heterocycles. The predicted octanol–water partition coefficient (Wildman–Crippen LogP) is 0.941. The molecule has 2 aromatic rings. The summed E-state index contributed by atoms with van der Waals surface area (Å²) in [5, 5.41) is 4.21. The Morgan fingerprint density at radius 2 is 2.25 bits per heavy atom. The van der Waals surface area contributed by atoms with Crippen LogP contribution in [-0.2, 0) is 13.6 Å². The average molecular weight is 219 g/mol. The van der Waals surface area contributed by atoms with Gasteiger partial charge < -0.3 is 10.3 Å². The van der Waals surface area contributed by atoms with Crippen LogP contribution in [0.15, 0.2) is 18.7 Å². The van der Waals surface area contributed by atoms with E-state index < -0.39 is 0 Å². The van der Waals surface area contributed by atoms with Gasteiger partial charge >= 0.3 is 0 Å². The molecule has 0 atom stereocenters. The van der Waals surface area contributed by atoms with Gasteiger partial charge in [-0.05, 0) is 25.5 Å². The second kappa shape index (κ2) is 4.49. The number of nitrogens with two attached hydrogens (primary N) is 1. The Labute approximate surface area is 94.9 Å². The summed E-state index contributed by atoms with van der Waals surface area (Å²) in [6.07, 6.45) is 6.71. The van der Waals surface area contributed by atoms with E-state index in [0.29, 0.717) is 6.54 Å². The molecule has 0 aromatic carbocycles. The maximum atomic E-state index is 5.48. The number of rotatable bonds is 4. The molecule has 0 radical (unpaired) electrons. The second-order valence-electron chi connectivity index (χ2n) is 3.94. The number of hydrogen-bond donors (Lipinski definition) is 1. The molecule has 0 bridgehead atoms. The Balaban J connectivity index is 2.25. The minimum Gasteiger partial charge on any atom is -0.337 e. The highest BCUT2D eigenvalue weighted by Gasteiger charge is 2.09. The lowest BCUT2D eigenvalue weighted by atomic mass is 10.2. The van der Waals surface area contributed by atoms with Gasteiger partial charge in [-0.25, -0.2) is 4.98 Å². The lowest BCUT2D eigenvalue weighted by Crippen LogP contribution is -2.04. The Kier molecular flexibility index (Phi) is 3.05. The molecule has 5 nitrogen and oxygen atoms in total. The van der Waals surface area contributed by atoms with Gasteiger partial charge in [0.15, 0.2) is 0 Å². The number of hydrogen-bond acceptors (Lipinski definition) is 3. The summed E-state index contributed by atoms with van der Waals surface area (Å²) in [7, 11) is 1.93. The van der Waals surface area contributed by atoms with E-state index in [0.717, 1.165) is 29.9 Å².